The quantitative estimate of drug-likeness (QED) is 0.786. The average molecular weight is 242 g/mol. The van der Waals surface area contributed by atoms with Crippen molar-refractivity contribution < 1.29 is 14.7 Å². The number of amides is 1. The van der Waals surface area contributed by atoms with E-state index in [0.717, 1.165) is 25.9 Å². The van der Waals surface area contributed by atoms with Crippen molar-refractivity contribution in [2.45, 2.75) is 32.7 Å². The minimum Gasteiger partial charge on any atom is -0.480 e. The van der Waals surface area contributed by atoms with Gasteiger partial charge in [0.25, 0.3) is 0 Å². The summed E-state index contributed by atoms with van der Waals surface area (Å²) in [6, 6.07) is -0.623. The molecule has 98 valence electrons. The number of piperidine rings is 1. The first-order chi connectivity index (χ1) is 7.91. The Morgan fingerprint density at radius 2 is 1.94 bits per heavy atom. The molecule has 1 atom stereocenters. The van der Waals surface area contributed by atoms with Gasteiger partial charge in [0.1, 0.15) is 6.04 Å². The fraction of sp³-hybridized carbons (Fsp3) is 0.833. The SMILES string of the molecule is CC1CCN(C(=O)CN(C)C(C)C(=O)O)CC1. The minimum absolute atomic E-state index is 0.0347. The zero-order valence-corrected chi connectivity index (χ0v) is 10.8. The highest BCUT2D eigenvalue weighted by Crippen LogP contribution is 2.16. The van der Waals surface area contributed by atoms with Crippen LogP contribution in [0.25, 0.3) is 0 Å². The fourth-order valence-electron chi connectivity index (χ4n) is 1.90. The molecule has 1 saturated heterocycles. The van der Waals surface area contributed by atoms with E-state index in [1.165, 1.54) is 0 Å². The molecule has 0 saturated carbocycles. The van der Waals surface area contributed by atoms with Crippen molar-refractivity contribution in [3.05, 3.63) is 0 Å². The molecule has 0 bridgehead atoms. The van der Waals surface area contributed by atoms with E-state index in [1.807, 2.05) is 4.90 Å². The van der Waals surface area contributed by atoms with Crippen molar-refractivity contribution in [1.82, 2.24) is 9.80 Å². The highest BCUT2D eigenvalue weighted by atomic mass is 16.4. The molecule has 0 aliphatic carbocycles. The van der Waals surface area contributed by atoms with Gasteiger partial charge in [-0.25, -0.2) is 0 Å². The minimum atomic E-state index is -0.896. The second-order valence-corrected chi connectivity index (χ2v) is 4.99. The van der Waals surface area contributed by atoms with E-state index < -0.39 is 12.0 Å². The summed E-state index contributed by atoms with van der Waals surface area (Å²) < 4.78 is 0. The number of carbonyl (C=O) groups excluding carboxylic acids is 1. The van der Waals surface area contributed by atoms with Crippen LogP contribution in [0, 0.1) is 5.92 Å². The lowest BCUT2D eigenvalue weighted by molar-refractivity contribution is -0.143. The van der Waals surface area contributed by atoms with Gasteiger partial charge in [-0.1, -0.05) is 6.92 Å². The number of hydrogen-bond acceptors (Lipinski definition) is 3. The largest absolute Gasteiger partial charge is 0.480 e. The van der Waals surface area contributed by atoms with Gasteiger partial charge in [-0.15, -0.1) is 0 Å². The van der Waals surface area contributed by atoms with E-state index >= 15 is 0 Å². The van der Waals surface area contributed by atoms with Gasteiger partial charge in [0.2, 0.25) is 5.91 Å². The summed E-state index contributed by atoms with van der Waals surface area (Å²) in [6.07, 6.45) is 2.09. The van der Waals surface area contributed by atoms with Crippen LogP contribution in [0.5, 0.6) is 0 Å². The van der Waals surface area contributed by atoms with Crippen LogP contribution in [0.4, 0.5) is 0 Å². The molecule has 1 unspecified atom stereocenters. The number of carboxylic acid groups (broad SMARTS) is 1. The number of carbonyl (C=O) groups is 2. The van der Waals surface area contributed by atoms with E-state index in [4.69, 9.17) is 5.11 Å². The van der Waals surface area contributed by atoms with Gasteiger partial charge in [0, 0.05) is 13.1 Å². The Balaban J connectivity index is 2.41. The molecular weight excluding hydrogens is 220 g/mol. The summed E-state index contributed by atoms with van der Waals surface area (Å²) in [5.74, 6) is -0.171. The maximum absolute atomic E-state index is 11.9. The summed E-state index contributed by atoms with van der Waals surface area (Å²) in [5.41, 5.74) is 0. The van der Waals surface area contributed by atoms with Gasteiger partial charge >= 0.3 is 5.97 Å². The predicted octanol–water partition coefficient (Wildman–Crippen LogP) is 0.650. The first-order valence-electron chi connectivity index (χ1n) is 6.12. The molecule has 1 fully saturated rings. The Kier molecular flexibility index (Phi) is 4.93. The molecule has 17 heavy (non-hydrogen) atoms. The molecule has 0 radical (unpaired) electrons. The van der Waals surface area contributed by atoms with Gasteiger partial charge in [-0.05, 0) is 32.7 Å². The molecule has 1 N–H and O–H groups in total. The molecule has 5 nitrogen and oxygen atoms in total. The van der Waals surface area contributed by atoms with Gasteiger partial charge in [0.15, 0.2) is 0 Å². The van der Waals surface area contributed by atoms with Crippen molar-refractivity contribution in [3.8, 4) is 0 Å². The maximum Gasteiger partial charge on any atom is 0.320 e. The van der Waals surface area contributed by atoms with Crippen molar-refractivity contribution in [2.75, 3.05) is 26.7 Å². The van der Waals surface area contributed by atoms with Gasteiger partial charge < -0.3 is 10.0 Å². The molecule has 1 amide bonds. The van der Waals surface area contributed by atoms with E-state index in [9.17, 15) is 9.59 Å². The Hall–Kier alpha value is -1.10. The lowest BCUT2D eigenvalue weighted by atomic mass is 9.99. The molecule has 5 heteroatoms. The van der Waals surface area contributed by atoms with Gasteiger partial charge in [-0.2, -0.15) is 0 Å². The normalized spacial score (nSPS) is 19.4. The Morgan fingerprint density at radius 1 is 1.41 bits per heavy atom. The molecule has 0 spiro atoms. The molecule has 1 aliphatic rings. The third kappa shape index (κ3) is 4.00. The van der Waals surface area contributed by atoms with Crippen LogP contribution in [0.1, 0.15) is 26.7 Å². The lowest BCUT2D eigenvalue weighted by Gasteiger charge is -2.32. The number of likely N-dealkylation sites (tertiary alicyclic amines) is 1. The number of rotatable bonds is 4. The first-order valence-corrected chi connectivity index (χ1v) is 6.12. The van der Waals surface area contributed by atoms with Crippen molar-refractivity contribution in [2.24, 2.45) is 5.92 Å². The molecular formula is C12H22N2O3. The van der Waals surface area contributed by atoms with Crippen molar-refractivity contribution >= 4 is 11.9 Å². The monoisotopic (exact) mass is 242 g/mol. The van der Waals surface area contributed by atoms with E-state index in [0.29, 0.717) is 5.92 Å². The topological polar surface area (TPSA) is 60.9 Å². The summed E-state index contributed by atoms with van der Waals surface area (Å²) in [6.45, 7) is 5.57. The number of hydrogen-bond donors (Lipinski definition) is 1. The molecule has 0 aromatic rings. The maximum atomic E-state index is 11.9. The summed E-state index contributed by atoms with van der Waals surface area (Å²) in [7, 11) is 1.67. The summed E-state index contributed by atoms with van der Waals surface area (Å²) in [5, 5.41) is 8.84. The predicted molar refractivity (Wildman–Crippen MR) is 64.7 cm³/mol. The van der Waals surface area contributed by atoms with Gasteiger partial charge in [-0.3, -0.25) is 14.5 Å². The Morgan fingerprint density at radius 3 is 2.41 bits per heavy atom. The lowest BCUT2D eigenvalue weighted by Crippen LogP contribution is -2.46. The third-order valence-electron chi connectivity index (χ3n) is 3.54. The number of likely N-dealkylation sites (N-methyl/N-ethyl adjacent to an activating group) is 1. The summed E-state index contributed by atoms with van der Waals surface area (Å²) in [4.78, 5) is 26.1. The number of aliphatic carboxylic acids is 1. The van der Waals surface area contributed by atoms with Crippen LogP contribution < -0.4 is 0 Å². The zero-order valence-electron chi connectivity index (χ0n) is 10.8. The zero-order chi connectivity index (χ0) is 13.0. The van der Waals surface area contributed by atoms with Crippen molar-refractivity contribution in [1.29, 1.82) is 0 Å². The van der Waals surface area contributed by atoms with Crippen LogP contribution in [0.15, 0.2) is 0 Å². The first kappa shape index (κ1) is 14.0. The Labute approximate surface area is 102 Å². The number of nitrogens with zero attached hydrogens (tertiary/aromatic N) is 2. The highest BCUT2D eigenvalue weighted by Gasteiger charge is 2.24. The molecule has 0 aromatic carbocycles. The van der Waals surface area contributed by atoms with E-state index in [2.05, 4.69) is 6.92 Å². The van der Waals surface area contributed by atoms with Crippen LogP contribution in [-0.2, 0) is 9.59 Å². The van der Waals surface area contributed by atoms with E-state index in [-0.39, 0.29) is 12.5 Å². The highest BCUT2D eigenvalue weighted by molar-refractivity contribution is 5.80. The third-order valence-corrected chi connectivity index (χ3v) is 3.54. The average Bonchev–Trinajstić information content (AvgIpc) is 2.28. The van der Waals surface area contributed by atoms with Crippen LogP contribution in [0.2, 0.25) is 0 Å². The van der Waals surface area contributed by atoms with E-state index in [1.54, 1.807) is 18.9 Å². The second-order valence-electron chi connectivity index (χ2n) is 4.99. The van der Waals surface area contributed by atoms with Crippen LogP contribution in [-0.4, -0.2) is 59.5 Å². The second kappa shape index (κ2) is 6.00. The smallest absolute Gasteiger partial charge is 0.320 e. The summed E-state index contributed by atoms with van der Waals surface area (Å²) >= 11 is 0. The van der Waals surface area contributed by atoms with Crippen LogP contribution in [0.3, 0.4) is 0 Å². The molecule has 1 heterocycles. The molecule has 0 aromatic heterocycles. The number of carboxylic acids is 1. The van der Waals surface area contributed by atoms with Crippen molar-refractivity contribution in [3.63, 3.8) is 0 Å². The Bertz CT molecular complexity index is 285. The fourth-order valence-corrected chi connectivity index (χ4v) is 1.90. The molecule has 1 rings (SSSR count). The standard InChI is InChI=1S/C12H22N2O3/c1-9-4-6-14(7-5-9)11(15)8-13(3)10(2)12(16)17/h9-10H,4-8H2,1-3H3,(H,16,17). The van der Waals surface area contributed by atoms with Crippen LogP contribution >= 0.6 is 0 Å². The van der Waals surface area contributed by atoms with Gasteiger partial charge in [0.05, 0.1) is 6.54 Å². The molecule has 1 aliphatic heterocycles.